The van der Waals surface area contributed by atoms with Crippen LogP contribution in [0.3, 0.4) is 0 Å². The molecule has 1 atom stereocenters. The molecule has 0 bridgehead atoms. The third kappa shape index (κ3) is 3.56. The van der Waals surface area contributed by atoms with E-state index in [1.165, 1.54) is 0 Å². The zero-order valence-corrected chi connectivity index (χ0v) is 13.0. The molecule has 1 aliphatic heterocycles. The summed E-state index contributed by atoms with van der Waals surface area (Å²) in [7, 11) is 0. The first-order chi connectivity index (χ1) is 8.70. The molecular weight excluding hydrogens is 312 g/mol. The first-order valence-electron chi connectivity index (χ1n) is 6.45. The van der Waals surface area contributed by atoms with Gasteiger partial charge in [0, 0.05) is 24.0 Å². The summed E-state index contributed by atoms with van der Waals surface area (Å²) in [4.78, 5) is 15.6. The molecule has 100 valence electrons. The Balaban J connectivity index is 1.98. The lowest BCUT2D eigenvalue weighted by Gasteiger charge is -2.28. The van der Waals surface area contributed by atoms with E-state index in [1.54, 1.807) is 11.3 Å². The number of thiophene rings is 1. The van der Waals surface area contributed by atoms with Gasteiger partial charge in [0.1, 0.15) is 0 Å². The summed E-state index contributed by atoms with van der Waals surface area (Å²) in [5.41, 5.74) is 0. The van der Waals surface area contributed by atoms with E-state index >= 15 is 0 Å². The van der Waals surface area contributed by atoms with Crippen LogP contribution in [0.25, 0.3) is 0 Å². The molecule has 1 saturated heterocycles. The van der Waals surface area contributed by atoms with Crippen molar-refractivity contribution in [1.29, 1.82) is 0 Å². The van der Waals surface area contributed by atoms with Gasteiger partial charge in [-0.05, 0) is 47.4 Å². The molecule has 0 spiro atoms. The van der Waals surface area contributed by atoms with Crippen LogP contribution in [0.5, 0.6) is 0 Å². The van der Waals surface area contributed by atoms with E-state index in [4.69, 9.17) is 0 Å². The van der Waals surface area contributed by atoms with Crippen LogP contribution in [-0.2, 0) is 11.2 Å². The summed E-state index contributed by atoms with van der Waals surface area (Å²) in [5.74, 6) is 0.264. The van der Waals surface area contributed by atoms with Gasteiger partial charge in [-0.2, -0.15) is 0 Å². The predicted molar refractivity (Wildman–Crippen MR) is 79.0 cm³/mol. The van der Waals surface area contributed by atoms with Gasteiger partial charge in [-0.15, -0.1) is 11.3 Å². The Bertz CT molecular complexity index is 401. The van der Waals surface area contributed by atoms with Crippen LogP contribution in [0.15, 0.2) is 15.9 Å². The highest BCUT2D eigenvalue weighted by molar-refractivity contribution is 9.11. The molecule has 1 aliphatic rings. The maximum atomic E-state index is 12.4. The summed E-state index contributed by atoms with van der Waals surface area (Å²) >= 11 is 5.09. The van der Waals surface area contributed by atoms with Gasteiger partial charge < -0.3 is 10.2 Å². The van der Waals surface area contributed by atoms with Crippen LogP contribution in [-0.4, -0.2) is 36.5 Å². The van der Waals surface area contributed by atoms with E-state index in [0.717, 1.165) is 41.1 Å². The number of carbonyl (C=O) groups excluding carboxylic acids is 1. The van der Waals surface area contributed by atoms with Gasteiger partial charge in [0.25, 0.3) is 0 Å². The number of halogens is 1. The first-order valence-corrected chi connectivity index (χ1v) is 8.06. The van der Waals surface area contributed by atoms with E-state index in [0.29, 0.717) is 12.5 Å². The van der Waals surface area contributed by atoms with Gasteiger partial charge in [-0.1, -0.05) is 6.92 Å². The van der Waals surface area contributed by atoms with Crippen LogP contribution in [0, 0.1) is 0 Å². The molecule has 0 radical (unpaired) electrons. The van der Waals surface area contributed by atoms with Gasteiger partial charge in [0.2, 0.25) is 5.91 Å². The highest BCUT2D eigenvalue weighted by Gasteiger charge is 2.25. The minimum absolute atomic E-state index is 0.264. The molecule has 0 saturated carbocycles. The Hall–Kier alpha value is -0.390. The molecule has 1 aromatic heterocycles. The molecule has 2 rings (SSSR count). The fraction of sp³-hybridized carbons (Fsp3) is 0.615. The molecule has 0 aliphatic carbocycles. The average Bonchev–Trinajstić information content (AvgIpc) is 2.97. The smallest absolute Gasteiger partial charge is 0.228 e. The summed E-state index contributed by atoms with van der Waals surface area (Å²) in [6.07, 6.45) is 2.64. The third-order valence-corrected chi connectivity index (χ3v) is 4.84. The highest BCUT2D eigenvalue weighted by Crippen LogP contribution is 2.23. The second-order valence-corrected chi connectivity index (χ2v) is 7.16. The predicted octanol–water partition coefficient (Wildman–Crippen LogP) is 2.65. The number of hydrogen-bond acceptors (Lipinski definition) is 3. The molecule has 1 amide bonds. The zero-order chi connectivity index (χ0) is 13.0. The lowest BCUT2D eigenvalue weighted by molar-refractivity contribution is -0.132. The molecular formula is C13H19BrN2OS. The number of amides is 1. The molecule has 3 nitrogen and oxygen atoms in total. The van der Waals surface area contributed by atoms with Crippen LogP contribution in [0.2, 0.25) is 0 Å². The summed E-state index contributed by atoms with van der Waals surface area (Å²) in [6.45, 7) is 4.98. The Morgan fingerprint density at radius 3 is 3.00 bits per heavy atom. The van der Waals surface area contributed by atoms with Crippen molar-refractivity contribution in [2.45, 2.75) is 32.2 Å². The number of carbonyl (C=O) groups is 1. The summed E-state index contributed by atoms with van der Waals surface area (Å²) in [6, 6.07) is 4.43. The standard InChI is InChI=1S/C13H19BrN2OS/c1-2-7-16(10-5-6-15-9-10)13(17)8-11-3-4-12(14)18-11/h3-4,10,15H,2,5-9H2,1H3. The van der Waals surface area contributed by atoms with Crippen molar-refractivity contribution in [1.82, 2.24) is 10.2 Å². The Morgan fingerprint density at radius 2 is 2.44 bits per heavy atom. The maximum absolute atomic E-state index is 12.4. The molecule has 0 aromatic carbocycles. The summed E-state index contributed by atoms with van der Waals surface area (Å²) < 4.78 is 1.09. The van der Waals surface area contributed by atoms with Crippen LogP contribution in [0.1, 0.15) is 24.6 Å². The topological polar surface area (TPSA) is 32.3 Å². The van der Waals surface area contributed by atoms with Crippen molar-refractivity contribution < 1.29 is 4.79 Å². The lowest BCUT2D eigenvalue weighted by atomic mass is 10.2. The number of nitrogens with one attached hydrogen (secondary N) is 1. The number of nitrogens with zero attached hydrogens (tertiary/aromatic N) is 1. The molecule has 1 fully saturated rings. The van der Waals surface area contributed by atoms with Crippen molar-refractivity contribution in [2.75, 3.05) is 19.6 Å². The zero-order valence-electron chi connectivity index (χ0n) is 10.6. The van der Waals surface area contributed by atoms with Crippen molar-refractivity contribution >= 4 is 33.2 Å². The van der Waals surface area contributed by atoms with Crippen LogP contribution < -0.4 is 5.32 Å². The lowest BCUT2D eigenvalue weighted by Crippen LogP contribution is -2.42. The van der Waals surface area contributed by atoms with Gasteiger partial charge in [0.15, 0.2) is 0 Å². The summed E-state index contributed by atoms with van der Waals surface area (Å²) in [5, 5.41) is 3.34. The molecule has 18 heavy (non-hydrogen) atoms. The van der Waals surface area contributed by atoms with Crippen molar-refractivity contribution in [3.63, 3.8) is 0 Å². The van der Waals surface area contributed by atoms with E-state index in [9.17, 15) is 4.79 Å². The second kappa shape index (κ2) is 6.68. The van der Waals surface area contributed by atoms with Crippen molar-refractivity contribution in [2.24, 2.45) is 0 Å². The second-order valence-electron chi connectivity index (χ2n) is 4.62. The van der Waals surface area contributed by atoms with E-state index in [2.05, 4.69) is 33.1 Å². The van der Waals surface area contributed by atoms with Gasteiger partial charge in [0.05, 0.1) is 10.2 Å². The maximum Gasteiger partial charge on any atom is 0.228 e. The minimum atomic E-state index is 0.264. The van der Waals surface area contributed by atoms with Gasteiger partial charge in [-0.25, -0.2) is 0 Å². The normalized spacial score (nSPS) is 19.1. The Morgan fingerprint density at radius 1 is 1.61 bits per heavy atom. The highest BCUT2D eigenvalue weighted by atomic mass is 79.9. The molecule has 1 N–H and O–H groups in total. The monoisotopic (exact) mass is 330 g/mol. The van der Waals surface area contributed by atoms with Gasteiger partial charge in [-0.3, -0.25) is 4.79 Å². The Labute approximate surface area is 121 Å². The SMILES string of the molecule is CCCN(C(=O)Cc1ccc(Br)s1)C1CCNC1. The van der Waals surface area contributed by atoms with Crippen LogP contribution in [0.4, 0.5) is 0 Å². The largest absolute Gasteiger partial charge is 0.338 e. The van der Waals surface area contributed by atoms with E-state index in [-0.39, 0.29) is 5.91 Å². The van der Waals surface area contributed by atoms with Gasteiger partial charge >= 0.3 is 0 Å². The fourth-order valence-electron chi connectivity index (χ4n) is 2.35. The first kappa shape index (κ1) is 14.0. The third-order valence-electron chi connectivity index (χ3n) is 3.21. The number of hydrogen-bond donors (Lipinski definition) is 1. The molecule has 1 unspecified atom stereocenters. The van der Waals surface area contributed by atoms with E-state index in [1.807, 2.05) is 12.1 Å². The molecule has 1 aromatic rings. The quantitative estimate of drug-likeness (QED) is 0.900. The molecule has 2 heterocycles. The van der Waals surface area contributed by atoms with Crippen LogP contribution >= 0.6 is 27.3 Å². The number of rotatable bonds is 5. The van der Waals surface area contributed by atoms with E-state index < -0.39 is 0 Å². The fourth-order valence-corrected chi connectivity index (χ4v) is 3.83. The average molecular weight is 331 g/mol. The minimum Gasteiger partial charge on any atom is -0.338 e. The van der Waals surface area contributed by atoms with Crippen molar-refractivity contribution in [3.05, 3.63) is 20.8 Å². The Kier molecular flexibility index (Phi) is 5.21. The van der Waals surface area contributed by atoms with Crippen molar-refractivity contribution in [3.8, 4) is 0 Å². The molecule has 5 heteroatoms.